The van der Waals surface area contributed by atoms with Gasteiger partial charge in [-0.05, 0) is 50.8 Å². The number of aliphatic hydroxyl groups is 1. The number of benzene rings is 1. The summed E-state index contributed by atoms with van der Waals surface area (Å²) in [6.07, 6.45) is 5.53. The molecule has 1 aromatic carbocycles. The summed E-state index contributed by atoms with van der Waals surface area (Å²) in [7, 11) is 0. The van der Waals surface area contributed by atoms with Crippen LogP contribution in [0.4, 0.5) is 0 Å². The zero-order chi connectivity index (χ0) is 21.3. The number of carbonyl (C=O) groups is 1. The molecule has 1 aromatic rings. The second-order valence-electron chi connectivity index (χ2n) is 8.29. The van der Waals surface area contributed by atoms with E-state index in [4.69, 9.17) is 17.3 Å². The number of allylic oxidation sites excluding steroid dienone is 3. The average molecular weight is 415 g/mol. The second-order valence-corrected chi connectivity index (χ2v) is 8.72. The van der Waals surface area contributed by atoms with Crippen molar-refractivity contribution in [3.63, 3.8) is 0 Å². The highest BCUT2D eigenvalue weighted by molar-refractivity contribution is 6.67. The Kier molecular flexibility index (Phi) is 5.96. The van der Waals surface area contributed by atoms with E-state index in [0.29, 0.717) is 17.2 Å². The maximum atomic E-state index is 11.6. The topological polar surface area (TPSA) is 91.3 Å². The number of fused-ring (bicyclic) bond motifs is 1. The Labute approximate surface area is 176 Å². The largest absolute Gasteiger partial charge is 0.389 e. The molecular weight excluding hydrogens is 388 g/mol. The molecule has 0 saturated heterocycles. The fraction of sp³-hybridized carbons (Fsp3) is 0.409. The maximum absolute atomic E-state index is 11.6. The molecule has 0 aromatic heterocycles. The van der Waals surface area contributed by atoms with E-state index in [1.807, 2.05) is 24.1 Å². The Morgan fingerprint density at radius 3 is 2.76 bits per heavy atom. The van der Waals surface area contributed by atoms with Crippen LogP contribution in [0.5, 0.6) is 0 Å². The lowest BCUT2D eigenvalue weighted by Crippen LogP contribution is -2.30. The van der Waals surface area contributed by atoms with Gasteiger partial charge in [0.1, 0.15) is 5.17 Å². The molecule has 0 aliphatic carbocycles. The minimum absolute atomic E-state index is 0.276. The van der Waals surface area contributed by atoms with E-state index in [2.05, 4.69) is 29.2 Å². The van der Waals surface area contributed by atoms with Gasteiger partial charge in [0, 0.05) is 17.5 Å². The van der Waals surface area contributed by atoms with Gasteiger partial charge in [-0.25, -0.2) is 5.01 Å². The first-order valence-electron chi connectivity index (χ1n) is 9.67. The molecule has 7 heteroatoms. The molecule has 6 nitrogen and oxygen atoms in total. The summed E-state index contributed by atoms with van der Waals surface area (Å²) < 4.78 is 0. The highest BCUT2D eigenvalue weighted by Crippen LogP contribution is 2.35. The van der Waals surface area contributed by atoms with E-state index in [1.54, 1.807) is 19.9 Å². The van der Waals surface area contributed by atoms with Crippen molar-refractivity contribution in [3.8, 4) is 0 Å². The van der Waals surface area contributed by atoms with Gasteiger partial charge in [0.2, 0.25) is 5.91 Å². The first-order valence-corrected chi connectivity index (χ1v) is 10.0. The van der Waals surface area contributed by atoms with Crippen LogP contribution in [-0.4, -0.2) is 39.1 Å². The number of nitrogens with zero attached hydrogens (tertiary/aromatic N) is 3. The van der Waals surface area contributed by atoms with Gasteiger partial charge < -0.3 is 10.8 Å². The number of rotatable bonds is 4. The minimum Gasteiger partial charge on any atom is -0.389 e. The fourth-order valence-corrected chi connectivity index (χ4v) is 3.59. The second kappa shape index (κ2) is 8.13. The number of primary amides is 1. The molecule has 0 bridgehead atoms. The van der Waals surface area contributed by atoms with E-state index in [0.717, 1.165) is 34.7 Å². The molecule has 3 N–H and O–H groups in total. The molecule has 0 spiro atoms. The predicted molar refractivity (Wildman–Crippen MR) is 118 cm³/mol. The van der Waals surface area contributed by atoms with E-state index in [9.17, 15) is 9.90 Å². The lowest BCUT2D eigenvalue weighted by Gasteiger charge is -2.30. The number of carbonyl (C=O) groups excluding carboxylic acids is 1. The summed E-state index contributed by atoms with van der Waals surface area (Å²) in [5.74, 6) is -0.165. The third-order valence-electron chi connectivity index (χ3n) is 4.84. The van der Waals surface area contributed by atoms with Crippen LogP contribution >= 0.6 is 11.6 Å². The smallest absolute Gasteiger partial charge is 0.248 e. The van der Waals surface area contributed by atoms with E-state index < -0.39 is 11.5 Å². The molecular formula is C22H27ClN4O2. The summed E-state index contributed by atoms with van der Waals surface area (Å²) in [5.41, 5.74) is 9.34. The van der Waals surface area contributed by atoms with Crippen molar-refractivity contribution < 1.29 is 9.90 Å². The number of halogens is 1. The molecule has 2 aliphatic rings. The first-order chi connectivity index (χ1) is 13.5. The van der Waals surface area contributed by atoms with E-state index >= 15 is 0 Å². The number of hydrazone groups is 1. The van der Waals surface area contributed by atoms with Crippen LogP contribution in [-0.2, 0) is 0 Å². The van der Waals surface area contributed by atoms with Crippen LogP contribution in [0.25, 0.3) is 5.70 Å². The lowest BCUT2D eigenvalue weighted by atomic mass is 10.00. The van der Waals surface area contributed by atoms with E-state index in [1.165, 1.54) is 0 Å². The fourth-order valence-electron chi connectivity index (χ4n) is 3.39. The normalized spacial score (nSPS) is 21.2. The van der Waals surface area contributed by atoms with Crippen molar-refractivity contribution >= 4 is 34.1 Å². The monoisotopic (exact) mass is 414 g/mol. The van der Waals surface area contributed by atoms with Crippen molar-refractivity contribution in [1.29, 1.82) is 0 Å². The molecule has 154 valence electrons. The number of hydrogen-bond acceptors (Lipinski definition) is 5. The van der Waals surface area contributed by atoms with Crippen molar-refractivity contribution in [2.75, 3.05) is 6.54 Å². The predicted octanol–water partition coefficient (Wildman–Crippen LogP) is 3.83. The Hall–Kier alpha value is -2.44. The first kappa shape index (κ1) is 21.3. The van der Waals surface area contributed by atoms with Gasteiger partial charge in [-0.1, -0.05) is 36.7 Å². The molecule has 2 aliphatic heterocycles. The highest BCUT2D eigenvalue weighted by atomic mass is 35.5. The number of nitrogens with two attached hydrogens (primary N) is 1. The van der Waals surface area contributed by atoms with Crippen LogP contribution < -0.4 is 5.73 Å². The molecule has 1 unspecified atom stereocenters. The highest BCUT2D eigenvalue weighted by Gasteiger charge is 2.29. The molecule has 2 heterocycles. The maximum Gasteiger partial charge on any atom is 0.248 e. The SMILES string of the molecule is Cc1cc(C2=CC(C)CC=C3C(=NCC(C)(C)O)CC(Cl)=NN32)ccc1C(N)=O. The quantitative estimate of drug-likeness (QED) is 0.784. The Morgan fingerprint density at radius 1 is 1.41 bits per heavy atom. The lowest BCUT2D eigenvalue weighted by molar-refractivity contribution is 0.0903. The Bertz CT molecular complexity index is 954. The summed E-state index contributed by atoms with van der Waals surface area (Å²) in [6.45, 7) is 7.73. The van der Waals surface area contributed by atoms with Gasteiger partial charge in [-0.2, -0.15) is 5.10 Å². The van der Waals surface area contributed by atoms with Crippen LogP contribution in [0.1, 0.15) is 55.1 Å². The van der Waals surface area contributed by atoms with Gasteiger partial charge in [-0.15, -0.1) is 0 Å². The van der Waals surface area contributed by atoms with Gasteiger partial charge in [0.05, 0.1) is 29.3 Å². The zero-order valence-electron chi connectivity index (χ0n) is 17.2. The van der Waals surface area contributed by atoms with Gasteiger partial charge in [0.25, 0.3) is 0 Å². The number of aryl methyl sites for hydroxylation is 1. The molecule has 29 heavy (non-hydrogen) atoms. The minimum atomic E-state index is -0.905. The van der Waals surface area contributed by atoms with Crippen molar-refractivity contribution in [2.45, 2.75) is 46.1 Å². The molecule has 3 rings (SSSR count). The van der Waals surface area contributed by atoms with E-state index in [-0.39, 0.29) is 12.5 Å². The summed E-state index contributed by atoms with van der Waals surface area (Å²) >= 11 is 6.37. The van der Waals surface area contributed by atoms with Gasteiger partial charge in [0.15, 0.2) is 0 Å². The summed E-state index contributed by atoms with van der Waals surface area (Å²) in [6, 6.07) is 5.55. The molecule has 1 atom stereocenters. The molecule has 0 fully saturated rings. The average Bonchev–Trinajstić information content (AvgIpc) is 2.78. The van der Waals surface area contributed by atoms with Crippen LogP contribution in [0.2, 0.25) is 0 Å². The van der Waals surface area contributed by atoms with Gasteiger partial charge in [-0.3, -0.25) is 9.79 Å². The summed E-state index contributed by atoms with van der Waals surface area (Å²) in [5, 5.41) is 16.9. The third kappa shape index (κ3) is 4.95. The van der Waals surface area contributed by atoms with Gasteiger partial charge >= 0.3 is 0 Å². The number of aliphatic imine (C=N–C) groups is 1. The Morgan fingerprint density at radius 2 is 2.14 bits per heavy atom. The molecule has 1 amide bonds. The van der Waals surface area contributed by atoms with Crippen LogP contribution in [0, 0.1) is 12.8 Å². The van der Waals surface area contributed by atoms with Crippen molar-refractivity contribution in [1.82, 2.24) is 5.01 Å². The summed E-state index contributed by atoms with van der Waals surface area (Å²) in [4.78, 5) is 16.2. The molecule has 0 saturated carbocycles. The number of hydrogen-bond donors (Lipinski definition) is 2. The van der Waals surface area contributed by atoms with Crippen LogP contribution in [0.15, 0.2) is 46.1 Å². The standard InChI is InChI=1S/C22H27ClN4O2/c1-13-5-8-18-17(25-12-22(3,4)29)11-20(23)26-27(18)19(9-13)15-6-7-16(21(24)28)14(2)10-15/h6-10,13,29H,5,11-12H2,1-4H3,(H2,24,28). The van der Waals surface area contributed by atoms with Crippen molar-refractivity contribution in [2.24, 2.45) is 21.7 Å². The molecule has 0 radical (unpaired) electrons. The van der Waals surface area contributed by atoms with Crippen LogP contribution in [0.3, 0.4) is 0 Å². The zero-order valence-corrected chi connectivity index (χ0v) is 18.0. The van der Waals surface area contributed by atoms with Crippen molar-refractivity contribution in [3.05, 3.63) is 52.7 Å². The number of amides is 1. The Balaban J connectivity index is 2.07. The third-order valence-corrected chi connectivity index (χ3v) is 5.05.